The molecule has 2 unspecified atom stereocenters. The van der Waals surface area contributed by atoms with Crippen LogP contribution >= 0.6 is 0 Å². The Morgan fingerprint density at radius 2 is 2.08 bits per heavy atom. The van der Waals surface area contributed by atoms with Gasteiger partial charge in [0.05, 0.1) is 5.92 Å². The molecule has 0 amide bonds. The van der Waals surface area contributed by atoms with Crippen LogP contribution in [0, 0.1) is 11.8 Å². The topological polar surface area (TPSA) is 46.5 Å². The Morgan fingerprint density at radius 3 is 2.50 bits per heavy atom. The zero-order valence-corrected chi connectivity index (χ0v) is 8.04. The van der Waals surface area contributed by atoms with Crippen LogP contribution < -0.4 is 0 Å². The van der Waals surface area contributed by atoms with Gasteiger partial charge in [0.1, 0.15) is 0 Å². The highest BCUT2D eigenvalue weighted by atomic mass is 17.1. The molecule has 0 spiro atoms. The molecule has 0 saturated carbocycles. The van der Waals surface area contributed by atoms with Crippen LogP contribution in [0.1, 0.15) is 40.0 Å². The normalized spacial score (nSPS) is 15.3. The highest BCUT2D eigenvalue weighted by Gasteiger charge is 2.17. The molecule has 0 saturated heterocycles. The number of hydrogen-bond donors (Lipinski definition) is 1. The first-order valence-electron chi connectivity index (χ1n) is 4.47. The second-order valence-electron chi connectivity index (χ2n) is 3.44. The molecule has 72 valence electrons. The Morgan fingerprint density at radius 1 is 1.50 bits per heavy atom. The van der Waals surface area contributed by atoms with Crippen molar-refractivity contribution in [3.05, 3.63) is 0 Å². The second kappa shape index (κ2) is 6.00. The van der Waals surface area contributed by atoms with Gasteiger partial charge in [-0.2, -0.15) is 5.26 Å². The van der Waals surface area contributed by atoms with Crippen molar-refractivity contribution in [2.75, 3.05) is 0 Å². The summed E-state index contributed by atoms with van der Waals surface area (Å²) in [7, 11) is 0. The lowest BCUT2D eigenvalue weighted by Gasteiger charge is -2.13. The summed E-state index contributed by atoms with van der Waals surface area (Å²) < 4.78 is 0. The van der Waals surface area contributed by atoms with E-state index >= 15 is 0 Å². The summed E-state index contributed by atoms with van der Waals surface area (Å²) in [5, 5.41) is 8.10. The minimum Gasteiger partial charge on any atom is -0.301 e. The first-order valence-corrected chi connectivity index (χ1v) is 4.47. The second-order valence-corrected chi connectivity index (χ2v) is 3.44. The van der Waals surface area contributed by atoms with Gasteiger partial charge in [0, 0.05) is 0 Å². The van der Waals surface area contributed by atoms with E-state index in [2.05, 4.69) is 18.7 Å². The average Bonchev–Trinajstić information content (AvgIpc) is 2.03. The first kappa shape index (κ1) is 11.4. The lowest BCUT2D eigenvalue weighted by Crippen LogP contribution is -2.15. The molecule has 0 bridgehead atoms. The molecule has 12 heavy (non-hydrogen) atoms. The Balaban J connectivity index is 3.67. The molecule has 0 radical (unpaired) electrons. The van der Waals surface area contributed by atoms with Gasteiger partial charge in [0.2, 0.25) is 0 Å². The third-order valence-corrected chi connectivity index (χ3v) is 2.03. The molecule has 2 atom stereocenters. The summed E-state index contributed by atoms with van der Waals surface area (Å²) >= 11 is 0. The van der Waals surface area contributed by atoms with Gasteiger partial charge in [-0.15, -0.1) is 0 Å². The van der Waals surface area contributed by atoms with Crippen LogP contribution in [0.5, 0.6) is 0 Å². The Labute approximate surface area is 73.7 Å². The molecule has 0 aliphatic rings. The maximum atomic E-state index is 10.8. The lowest BCUT2D eigenvalue weighted by molar-refractivity contribution is -0.238. The summed E-state index contributed by atoms with van der Waals surface area (Å²) in [5.41, 5.74) is 0. The number of hydrogen-bond acceptors (Lipinski definition) is 3. The maximum absolute atomic E-state index is 10.8. The van der Waals surface area contributed by atoms with Crippen molar-refractivity contribution in [3.63, 3.8) is 0 Å². The van der Waals surface area contributed by atoms with E-state index in [-0.39, 0.29) is 5.92 Å². The fraction of sp³-hybridized carbons (Fsp3) is 0.889. The van der Waals surface area contributed by atoms with Crippen LogP contribution in [0.2, 0.25) is 0 Å². The van der Waals surface area contributed by atoms with Crippen LogP contribution in [0.15, 0.2) is 0 Å². The molecule has 1 N–H and O–H groups in total. The Bertz CT molecular complexity index is 134. The van der Waals surface area contributed by atoms with Gasteiger partial charge in [-0.05, 0) is 12.3 Å². The van der Waals surface area contributed by atoms with Gasteiger partial charge in [-0.3, -0.25) is 0 Å². The molecule has 0 heterocycles. The summed E-state index contributed by atoms with van der Waals surface area (Å²) in [6, 6.07) is 0. The molecule has 0 aliphatic carbocycles. The van der Waals surface area contributed by atoms with E-state index < -0.39 is 5.97 Å². The number of carbonyl (C=O) groups excluding carboxylic acids is 1. The van der Waals surface area contributed by atoms with Gasteiger partial charge in [-0.1, -0.05) is 33.6 Å². The largest absolute Gasteiger partial charge is 0.344 e. The summed E-state index contributed by atoms with van der Waals surface area (Å²) in [6.45, 7) is 5.99. The van der Waals surface area contributed by atoms with Crippen molar-refractivity contribution in [3.8, 4) is 0 Å². The van der Waals surface area contributed by atoms with Gasteiger partial charge in [0.25, 0.3) is 0 Å². The third-order valence-electron chi connectivity index (χ3n) is 2.03. The predicted molar refractivity (Wildman–Crippen MR) is 46.6 cm³/mol. The van der Waals surface area contributed by atoms with Crippen LogP contribution in [0.25, 0.3) is 0 Å². The minimum atomic E-state index is -0.530. The molecular weight excluding hydrogens is 156 g/mol. The van der Waals surface area contributed by atoms with Gasteiger partial charge in [-0.25, -0.2) is 4.79 Å². The van der Waals surface area contributed by atoms with Gasteiger partial charge < -0.3 is 4.89 Å². The van der Waals surface area contributed by atoms with E-state index in [0.717, 1.165) is 19.3 Å². The molecule has 0 aromatic rings. The molecule has 3 nitrogen and oxygen atoms in total. The average molecular weight is 174 g/mol. The SMILES string of the molecule is CCCC(C)CC(C)C(=O)OO. The van der Waals surface area contributed by atoms with E-state index in [1.165, 1.54) is 0 Å². The van der Waals surface area contributed by atoms with Crippen molar-refractivity contribution >= 4 is 5.97 Å². The predicted octanol–water partition coefficient (Wildman–Crippen LogP) is 2.46. The fourth-order valence-electron chi connectivity index (χ4n) is 1.40. The fourth-order valence-corrected chi connectivity index (χ4v) is 1.40. The maximum Gasteiger partial charge on any atom is 0.344 e. The van der Waals surface area contributed by atoms with Gasteiger partial charge in [0.15, 0.2) is 0 Å². The summed E-state index contributed by atoms with van der Waals surface area (Å²) in [6.07, 6.45) is 3.03. The number of rotatable bonds is 5. The Hall–Kier alpha value is -0.570. The quantitative estimate of drug-likeness (QED) is 0.514. The third kappa shape index (κ3) is 4.34. The van der Waals surface area contributed by atoms with Crippen LogP contribution in [-0.2, 0) is 9.68 Å². The molecule has 0 aromatic heterocycles. The van der Waals surface area contributed by atoms with Crippen molar-refractivity contribution < 1.29 is 14.9 Å². The minimum absolute atomic E-state index is 0.198. The zero-order chi connectivity index (χ0) is 9.56. The van der Waals surface area contributed by atoms with Gasteiger partial charge >= 0.3 is 5.97 Å². The van der Waals surface area contributed by atoms with Crippen LogP contribution in [-0.4, -0.2) is 11.2 Å². The molecule has 3 heteroatoms. The van der Waals surface area contributed by atoms with Crippen LogP contribution in [0.3, 0.4) is 0 Å². The van der Waals surface area contributed by atoms with E-state index in [0.29, 0.717) is 5.92 Å². The van der Waals surface area contributed by atoms with E-state index in [1.54, 1.807) is 6.92 Å². The monoisotopic (exact) mass is 174 g/mol. The molecule has 0 fully saturated rings. The van der Waals surface area contributed by atoms with E-state index in [9.17, 15) is 4.79 Å². The molecule has 0 aliphatic heterocycles. The van der Waals surface area contributed by atoms with Crippen molar-refractivity contribution in [1.29, 1.82) is 0 Å². The highest BCUT2D eigenvalue weighted by molar-refractivity contribution is 5.71. The van der Waals surface area contributed by atoms with E-state index in [1.807, 2.05) is 0 Å². The van der Waals surface area contributed by atoms with E-state index in [4.69, 9.17) is 5.26 Å². The van der Waals surface area contributed by atoms with Crippen molar-refractivity contribution in [1.82, 2.24) is 0 Å². The smallest absolute Gasteiger partial charge is 0.301 e. The number of carbonyl (C=O) groups is 1. The molecular formula is C9H18O3. The molecule has 0 rings (SSSR count). The summed E-state index contributed by atoms with van der Waals surface area (Å²) in [4.78, 5) is 14.4. The first-order chi connectivity index (χ1) is 5.61. The Kier molecular flexibility index (Phi) is 5.72. The lowest BCUT2D eigenvalue weighted by atomic mass is 9.94. The zero-order valence-electron chi connectivity index (χ0n) is 8.04. The summed E-state index contributed by atoms with van der Waals surface area (Å²) in [5.74, 6) is -0.210. The van der Waals surface area contributed by atoms with Crippen molar-refractivity contribution in [2.45, 2.75) is 40.0 Å². The molecule has 0 aromatic carbocycles. The standard InChI is InChI=1S/C9H18O3/c1-4-5-7(2)6-8(3)9(10)12-11/h7-8,11H,4-6H2,1-3H3. The van der Waals surface area contributed by atoms with Crippen molar-refractivity contribution in [2.24, 2.45) is 11.8 Å². The highest BCUT2D eigenvalue weighted by Crippen LogP contribution is 2.17. The van der Waals surface area contributed by atoms with Crippen LogP contribution in [0.4, 0.5) is 0 Å².